The van der Waals surface area contributed by atoms with Crippen LogP contribution in [0.2, 0.25) is 0 Å². The van der Waals surface area contributed by atoms with E-state index in [-0.39, 0.29) is 17.7 Å². The van der Waals surface area contributed by atoms with Gasteiger partial charge in [-0.15, -0.1) is 0 Å². The second-order valence-corrected chi connectivity index (χ2v) is 8.03. The molecule has 2 aromatic heterocycles. The van der Waals surface area contributed by atoms with Gasteiger partial charge in [-0.1, -0.05) is 19.1 Å². The van der Waals surface area contributed by atoms with E-state index in [9.17, 15) is 9.59 Å². The van der Waals surface area contributed by atoms with E-state index in [0.717, 1.165) is 28.2 Å². The van der Waals surface area contributed by atoms with Gasteiger partial charge in [-0.25, -0.2) is 0 Å². The van der Waals surface area contributed by atoms with Gasteiger partial charge in [0, 0.05) is 59.8 Å². The first-order chi connectivity index (χ1) is 15.1. The molecular weight excluding hydrogens is 392 g/mol. The van der Waals surface area contributed by atoms with Gasteiger partial charge >= 0.3 is 0 Å². The molecule has 31 heavy (non-hydrogen) atoms. The van der Waals surface area contributed by atoms with Crippen LogP contribution in [0, 0.1) is 0 Å². The lowest BCUT2D eigenvalue weighted by Crippen LogP contribution is -2.40. The number of rotatable bonds is 3. The van der Waals surface area contributed by atoms with Crippen LogP contribution in [0.5, 0.6) is 0 Å². The average Bonchev–Trinajstić information content (AvgIpc) is 3.29. The van der Waals surface area contributed by atoms with Crippen LogP contribution in [0.3, 0.4) is 0 Å². The lowest BCUT2D eigenvalue weighted by atomic mass is 9.99. The number of benzene rings is 1. The summed E-state index contributed by atoms with van der Waals surface area (Å²) >= 11 is 0. The molecule has 1 saturated heterocycles. The molecule has 0 aliphatic carbocycles. The second kappa shape index (κ2) is 8.00. The highest BCUT2D eigenvalue weighted by Crippen LogP contribution is 2.30. The maximum absolute atomic E-state index is 12.7. The summed E-state index contributed by atoms with van der Waals surface area (Å²) in [6.07, 6.45) is 1.76. The molecule has 1 atom stereocenters. The predicted molar refractivity (Wildman–Crippen MR) is 117 cm³/mol. The van der Waals surface area contributed by atoms with Gasteiger partial charge in [-0.2, -0.15) is 0 Å². The van der Waals surface area contributed by atoms with Gasteiger partial charge in [0.25, 0.3) is 11.8 Å². The molecule has 2 aliphatic rings. The Morgan fingerprint density at radius 1 is 1.10 bits per heavy atom. The van der Waals surface area contributed by atoms with E-state index in [1.165, 1.54) is 0 Å². The van der Waals surface area contributed by atoms with E-state index in [0.29, 0.717) is 44.0 Å². The number of aromatic amines is 1. The van der Waals surface area contributed by atoms with Crippen molar-refractivity contribution >= 4 is 11.8 Å². The summed E-state index contributed by atoms with van der Waals surface area (Å²) in [7, 11) is 0. The van der Waals surface area contributed by atoms with Gasteiger partial charge < -0.3 is 19.9 Å². The molecule has 2 N–H and O–H groups in total. The van der Waals surface area contributed by atoms with E-state index in [4.69, 9.17) is 4.74 Å². The Morgan fingerprint density at radius 3 is 2.61 bits per heavy atom. The smallest absolute Gasteiger partial charge is 0.254 e. The summed E-state index contributed by atoms with van der Waals surface area (Å²) in [5.41, 5.74) is 5.96. The van der Waals surface area contributed by atoms with Gasteiger partial charge in [-0.3, -0.25) is 14.6 Å². The molecule has 1 unspecified atom stereocenters. The molecule has 2 amide bonds. The predicted octanol–water partition coefficient (Wildman–Crippen LogP) is 3.06. The normalized spacial score (nSPS) is 18.4. The summed E-state index contributed by atoms with van der Waals surface area (Å²) in [4.78, 5) is 34.6. The van der Waals surface area contributed by atoms with Crippen LogP contribution in [0.1, 0.15) is 39.3 Å². The van der Waals surface area contributed by atoms with Crippen molar-refractivity contribution in [1.82, 2.24) is 20.2 Å². The standard InChI is InChI=1S/C24H24N4O3/c1-15-14-26-23(29)19-13-21(27-22(15)19)18-6-7-25-20(12-18)16-2-4-17(5-3-16)24(30)28-8-10-31-11-9-28/h2-7,12-13,15,27H,8-11,14H2,1H3,(H,26,29). The highest BCUT2D eigenvalue weighted by molar-refractivity contribution is 5.98. The van der Waals surface area contributed by atoms with E-state index in [1.54, 1.807) is 6.20 Å². The van der Waals surface area contributed by atoms with Crippen molar-refractivity contribution in [3.63, 3.8) is 0 Å². The lowest BCUT2D eigenvalue weighted by Gasteiger charge is -2.26. The van der Waals surface area contributed by atoms with Crippen LogP contribution >= 0.6 is 0 Å². The molecule has 0 saturated carbocycles. The fourth-order valence-electron chi connectivity index (χ4n) is 4.13. The summed E-state index contributed by atoms with van der Waals surface area (Å²) < 4.78 is 5.32. The zero-order valence-corrected chi connectivity index (χ0v) is 17.4. The molecule has 7 nitrogen and oxygen atoms in total. The van der Waals surface area contributed by atoms with Crippen molar-refractivity contribution in [3.05, 3.63) is 65.5 Å². The molecule has 0 radical (unpaired) electrons. The first kappa shape index (κ1) is 19.5. The van der Waals surface area contributed by atoms with Gasteiger partial charge in [0.05, 0.1) is 24.5 Å². The van der Waals surface area contributed by atoms with Crippen molar-refractivity contribution in [1.29, 1.82) is 0 Å². The van der Waals surface area contributed by atoms with E-state index in [1.807, 2.05) is 47.4 Å². The number of carbonyl (C=O) groups excluding carboxylic acids is 2. The van der Waals surface area contributed by atoms with Gasteiger partial charge in [0.2, 0.25) is 0 Å². The van der Waals surface area contributed by atoms with Gasteiger partial charge in [0.15, 0.2) is 0 Å². The van der Waals surface area contributed by atoms with Crippen molar-refractivity contribution in [3.8, 4) is 22.5 Å². The minimum atomic E-state index is -0.0367. The Labute approximate surface area is 180 Å². The zero-order chi connectivity index (χ0) is 21.4. The maximum Gasteiger partial charge on any atom is 0.254 e. The Kier molecular flexibility index (Phi) is 5.03. The Morgan fingerprint density at radius 2 is 1.87 bits per heavy atom. The second-order valence-electron chi connectivity index (χ2n) is 8.03. The van der Waals surface area contributed by atoms with Crippen LogP contribution in [0.15, 0.2) is 48.7 Å². The Balaban J connectivity index is 1.40. The summed E-state index contributed by atoms with van der Waals surface area (Å²) in [5, 5.41) is 2.92. The van der Waals surface area contributed by atoms with Crippen LogP contribution in [0.25, 0.3) is 22.5 Å². The first-order valence-electron chi connectivity index (χ1n) is 10.5. The molecule has 1 fully saturated rings. The zero-order valence-electron chi connectivity index (χ0n) is 17.4. The minimum Gasteiger partial charge on any atom is -0.378 e. The molecule has 7 heteroatoms. The highest BCUT2D eigenvalue weighted by atomic mass is 16.5. The molecule has 0 spiro atoms. The number of fused-ring (bicyclic) bond motifs is 1. The number of hydrogen-bond donors (Lipinski definition) is 2. The van der Waals surface area contributed by atoms with E-state index >= 15 is 0 Å². The van der Waals surface area contributed by atoms with Crippen molar-refractivity contribution in [2.45, 2.75) is 12.8 Å². The number of nitrogens with one attached hydrogen (secondary N) is 2. The van der Waals surface area contributed by atoms with E-state index in [2.05, 4.69) is 22.2 Å². The number of morpholine rings is 1. The highest BCUT2D eigenvalue weighted by Gasteiger charge is 2.25. The van der Waals surface area contributed by atoms with Crippen molar-refractivity contribution in [2.75, 3.05) is 32.8 Å². The monoisotopic (exact) mass is 416 g/mol. The summed E-state index contributed by atoms with van der Waals surface area (Å²) in [6.45, 7) is 5.16. The van der Waals surface area contributed by atoms with E-state index < -0.39 is 0 Å². The number of hydrogen-bond acceptors (Lipinski definition) is 4. The molecule has 1 aromatic carbocycles. The van der Waals surface area contributed by atoms with Crippen LogP contribution in [-0.4, -0.2) is 59.5 Å². The number of amides is 2. The van der Waals surface area contributed by atoms with Crippen molar-refractivity contribution < 1.29 is 14.3 Å². The molecule has 0 bridgehead atoms. The Bertz CT molecular complexity index is 1130. The quantitative estimate of drug-likeness (QED) is 0.687. The lowest BCUT2D eigenvalue weighted by molar-refractivity contribution is 0.0303. The van der Waals surface area contributed by atoms with Crippen LogP contribution < -0.4 is 5.32 Å². The summed E-state index contributed by atoms with van der Waals surface area (Å²) in [5.74, 6) is 0.241. The SMILES string of the molecule is CC1CNC(=O)c2cc(-c3ccnc(-c4ccc(C(=O)N5CCOCC5)cc4)c3)[nH]c21. The van der Waals surface area contributed by atoms with Crippen LogP contribution in [0.4, 0.5) is 0 Å². The molecule has 5 rings (SSSR count). The number of nitrogens with zero attached hydrogens (tertiary/aromatic N) is 2. The van der Waals surface area contributed by atoms with Crippen LogP contribution in [-0.2, 0) is 4.74 Å². The van der Waals surface area contributed by atoms with Gasteiger partial charge in [0.1, 0.15) is 0 Å². The number of carbonyl (C=O) groups is 2. The number of aromatic nitrogens is 2. The third-order valence-corrected chi connectivity index (χ3v) is 5.95. The molecule has 2 aliphatic heterocycles. The van der Waals surface area contributed by atoms with Crippen molar-refractivity contribution in [2.24, 2.45) is 0 Å². The summed E-state index contributed by atoms with van der Waals surface area (Å²) in [6, 6.07) is 13.4. The fourth-order valence-corrected chi connectivity index (χ4v) is 4.13. The molecule has 4 heterocycles. The molecule has 3 aromatic rings. The number of H-pyrrole nitrogens is 1. The van der Waals surface area contributed by atoms with Gasteiger partial charge in [-0.05, 0) is 30.3 Å². The molecular formula is C24H24N4O3. The average molecular weight is 416 g/mol. The first-order valence-corrected chi connectivity index (χ1v) is 10.5. The largest absolute Gasteiger partial charge is 0.378 e. The fraction of sp³-hybridized carbons (Fsp3) is 0.292. The maximum atomic E-state index is 12.7. The topological polar surface area (TPSA) is 87.3 Å². The Hall–Kier alpha value is -3.45. The number of pyridine rings is 1. The molecule has 158 valence electrons. The third-order valence-electron chi connectivity index (χ3n) is 5.95. The number of ether oxygens (including phenoxy) is 1. The minimum absolute atomic E-state index is 0.0286. The third kappa shape index (κ3) is 3.72.